The first kappa shape index (κ1) is 12.2. The van der Waals surface area contributed by atoms with E-state index in [0.717, 1.165) is 11.3 Å². The number of nitrogens with zero attached hydrogens (tertiary/aromatic N) is 1. The van der Waals surface area contributed by atoms with Gasteiger partial charge in [-0.1, -0.05) is 35.5 Å². The fourth-order valence-corrected chi connectivity index (χ4v) is 1.09. The van der Waals surface area contributed by atoms with Crippen molar-refractivity contribution in [2.45, 2.75) is 13.3 Å². The minimum absolute atomic E-state index is 0.196. The molecule has 5 heteroatoms. The van der Waals surface area contributed by atoms with E-state index in [4.69, 9.17) is 10.7 Å². The summed E-state index contributed by atoms with van der Waals surface area (Å²) in [5.41, 5.74) is 3.78. The molecule has 0 unspecified atom stereocenters. The Morgan fingerprint density at radius 1 is 1.44 bits per heavy atom. The maximum atomic E-state index is 10.8. The lowest BCUT2D eigenvalue weighted by Crippen LogP contribution is -2.30. The Hall–Kier alpha value is -1.88. The Kier molecular flexibility index (Phi) is 5.01. The zero-order valence-electron chi connectivity index (χ0n) is 9.14. The molecule has 5 nitrogen and oxygen atoms in total. The number of hydrazine groups is 1. The lowest BCUT2D eigenvalue weighted by Gasteiger charge is -2.01. The summed E-state index contributed by atoms with van der Waals surface area (Å²) in [5, 5.41) is 3.90. The molecule has 1 aromatic rings. The number of carbonyl (C=O) groups excluding carboxylic acids is 1. The maximum absolute atomic E-state index is 10.8. The molecule has 0 aliphatic heterocycles. The van der Waals surface area contributed by atoms with Gasteiger partial charge in [-0.3, -0.25) is 10.2 Å². The van der Waals surface area contributed by atoms with Gasteiger partial charge in [0.1, 0.15) is 6.61 Å². The summed E-state index contributed by atoms with van der Waals surface area (Å²) in [4.78, 5) is 15.8. The van der Waals surface area contributed by atoms with Gasteiger partial charge in [-0.25, -0.2) is 5.84 Å². The summed E-state index contributed by atoms with van der Waals surface area (Å²) >= 11 is 0. The van der Waals surface area contributed by atoms with Gasteiger partial charge in [0, 0.05) is 0 Å². The number of amides is 1. The van der Waals surface area contributed by atoms with E-state index in [9.17, 15) is 4.79 Å². The van der Waals surface area contributed by atoms with Crippen LogP contribution in [0, 0.1) is 0 Å². The maximum Gasteiger partial charge on any atom is 0.237 e. The SMILES string of the molecule is C/C(=N\OCCC(=O)NN)c1ccccc1. The number of carbonyl (C=O) groups is 1. The molecule has 1 aromatic carbocycles. The highest BCUT2D eigenvalue weighted by Gasteiger charge is 1.98. The Morgan fingerprint density at radius 3 is 2.75 bits per heavy atom. The summed E-state index contributed by atoms with van der Waals surface area (Å²) in [6, 6.07) is 9.67. The van der Waals surface area contributed by atoms with E-state index in [1.165, 1.54) is 0 Å². The summed E-state index contributed by atoms with van der Waals surface area (Å²) < 4.78 is 0. The molecule has 0 saturated heterocycles. The molecule has 0 heterocycles. The third-order valence-corrected chi connectivity index (χ3v) is 1.97. The van der Waals surface area contributed by atoms with Gasteiger partial charge in [0.2, 0.25) is 5.91 Å². The zero-order valence-corrected chi connectivity index (χ0v) is 9.14. The van der Waals surface area contributed by atoms with Gasteiger partial charge in [-0.15, -0.1) is 0 Å². The molecule has 0 radical (unpaired) electrons. The van der Waals surface area contributed by atoms with Crippen molar-refractivity contribution < 1.29 is 9.63 Å². The van der Waals surface area contributed by atoms with Crippen LogP contribution in [0.1, 0.15) is 18.9 Å². The zero-order chi connectivity index (χ0) is 11.8. The van der Waals surface area contributed by atoms with E-state index in [1.807, 2.05) is 42.7 Å². The van der Waals surface area contributed by atoms with E-state index in [1.54, 1.807) is 0 Å². The molecule has 0 atom stereocenters. The second kappa shape index (κ2) is 6.58. The molecule has 0 bridgehead atoms. The predicted molar refractivity (Wildman–Crippen MR) is 61.6 cm³/mol. The number of oxime groups is 1. The van der Waals surface area contributed by atoms with Crippen molar-refractivity contribution in [1.29, 1.82) is 0 Å². The Bertz CT molecular complexity index is 363. The van der Waals surface area contributed by atoms with Gasteiger partial charge in [-0.05, 0) is 12.5 Å². The molecular weight excluding hydrogens is 206 g/mol. The van der Waals surface area contributed by atoms with Crippen LogP contribution in [0.3, 0.4) is 0 Å². The van der Waals surface area contributed by atoms with E-state index in [-0.39, 0.29) is 18.9 Å². The fraction of sp³-hybridized carbons (Fsp3) is 0.273. The third kappa shape index (κ3) is 4.10. The van der Waals surface area contributed by atoms with E-state index < -0.39 is 0 Å². The van der Waals surface area contributed by atoms with Gasteiger partial charge in [0.15, 0.2) is 0 Å². The van der Waals surface area contributed by atoms with Crippen LogP contribution < -0.4 is 11.3 Å². The number of rotatable bonds is 5. The second-order valence-corrected chi connectivity index (χ2v) is 3.19. The van der Waals surface area contributed by atoms with E-state index >= 15 is 0 Å². The summed E-state index contributed by atoms with van der Waals surface area (Å²) in [6.45, 7) is 2.06. The molecule has 1 rings (SSSR count). The molecular formula is C11H15N3O2. The smallest absolute Gasteiger partial charge is 0.237 e. The highest BCUT2D eigenvalue weighted by molar-refractivity contribution is 5.98. The van der Waals surface area contributed by atoms with Gasteiger partial charge in [-0.2, -0.15) is 0 Å². The first-order chi connectivity index (χ1) is 7.74. The van der Waals surface area contributed by atoms with Crippen molar-refractivity contribution >= 4 is 11.6 Å². The van der Waals surface area contributed by atoms with Crippen LogP contribution in [0.5, 0.6) is 0 Å². The van der Waals surface area contributed by atoms with Gasteiger partial charge in [0.25, 0.3) is 0 Å². The normalized spacial score (nSPS) is 11.0. The van der Waals surface area contributed by atoms with Gasteiger partial charge < -0.3 is 4.84 Å². The number of hydrogen-bond donors (Lipinski definition) is 2. The molecule has 0 aliphatic rings. The third-order valence-electron chi connectivity index (χ3n) is 1.97. The van der Waals surface area contributed by atoms with E-state index in [2.05, 4.69) is 5.16 Å². The lowest BCUT2D eigenvalue weighted by atomic mass is 10.1. The fourth-order valence-electron chi connectivity index (χ4n) is 1.09. The second-order valence-electron chi connectivity index (χ2n) is 3.19. The standard InChI is InChI=1S/C11H15N3O2/c1-9(10-5-3-2-4-6-10)14-16-8-7-11(15)13-12/h2-6H,7-8,12H2,1H3,(H,13,15)/b14-9+. The first-order valence-corrected chi connectivity index (χ1v) is 4.95. The quantitative estimate of drug-likeness (QED) is 0.254. The van der Waals surface area contributed by atoms with Crippen LogP contribution in [-0.2, 0) is 9.63 Å². The molecule has 16 heavy (non-hydrogen) atoms. The number of nitrogens with two attached hydrogens (primary N) is 1. The molecule has 86 valence electrons. The van der Waals surface area contributed by atoms with Crippen LogP contribution in [0.15, 0.2) is 35.5 Å². The minimum atomic E-state index is -0.271. The first-order valence-electron chi connectivity index (χ1n) is 4.95. The van der Waals surface area contributed by atoms with Crippen LogP contribution in [0.25, 0.3) is 0 Å². The van der Waals surface area contributed by atoms with Crippen molar-refractivity contribution in [3.05, 3.63) is 35.9 Å². The van der Waals surface area contributed by atoms with Crippen molar-refractivity contribution in [3.8, 4) is 0 Å². The average Bonchev–Trinajstić information content (AvgIpc) is 2.35. The lowest BCUT2D eigenvalue weighted by molar-refractivity contribution is -0.122. The summed E-state index contributed by atoms with van der Waals surface area (Å²) in [6.07, 6.45) is 0.196. The molecule has 0 saturated carbocycles. The van der Waals surface area contributed by atoms with Crippen LogP contribution >= 0.6 is 0 Å². The summed E-state index contributed by atoms with van der Waals surface area (Å²) in [7, 11) is 0. The minimum Gasteiger partial charge on any atom is -0.395 e. The van der Waals surface area contributed by atoms with Gasteiger partial charge >= 0.3 is 0 Å². The van der Waals surface area contributed by atoms with Crippen LogP contribution in [0.4, 0.5) is 0 Å². The summed E-state index contributed by atoms with van der Waals surface area (Å²) in [5.74, 6) is 4.64. The van der Waals surface area contributed by atoms with Crippen molar-refractivity contribution in [2.75, 3.05) is 6.61 Å². The highest BCUT2D eigenvalue weighted by Crippen LogP contribution is 2.01. The molecule has 0 aliphatic carbocycles. The highest BCUT2D eigenvalue weighted by atomic mass is 16.6. The van der Waals surface area contributed by atoms with Gasteiger partial charge in [0.05, 0.1) is 12.1 Å². The number of nitrogens with one attached hydrogen (secondary N) is 1. The Morgan fingerprint density at radius 2 is 2.12 bits per heavy atom. The molecule has 1 amide bonds. The topological polar surface area (TPSA) is 76.7 Å². The molecule has 0 fully saturated rings. The van der Waals surface area contributed by atoms with Crippen LogP contribution in [0.2, 0.25) is 0 Å². The number of benzene rings is 1. The predicted octanol–water partition coefficient (Wildman–Crippen LogP) is 0.807. The number of hydrogen-bond acceptors (Lipinski definition) is 4. The molecule has 3 N–H and O–H groups in total. The van der Waals surface area contributed by atoms with Crippen molar-refractivity contribution in [2.24, 2.45) is 11.0 Å². The van der Waals surface area contributed by atoms with Crippen molar-refractivity contribution in [3.63, 3.8) is 0 Å². The average molecular weight is 221 g/mol. The Labute approximate surface area is 94.2 Å². The van der Waals surface area contributed by atoms with E-state index in [0.29, 0.717) is 0 Å². The largest absolute Gasteiger partial charge is 0.395 e. The van der Waals surface area contributed by atoms with Crippen molar-refractivity contribution in [1.82, 2.24) is 5.43 Å². The van der Waals surface area contributed by atoms with Crippen LogP contribution in [-0.4, -0.2) is 18.2 Å². The monoisotopic (exact) mass is 221 g/mol. The Balaban J connectivity index is 2.38. The molecule has 0 aromatic heterocycles. The molecule has 0 spiro atoms.